The zero-order valence-corrected chi connectivity index (χ0v) is 22.9. The lowest BCUT2D eigenvalue weighted by molar-refractivity contribution is -0.253. The van der Waals surface area contributed by atoms with Crippen LogP contribution in [0.3, 0.4) is 0 Å². The van der Waals surface area contributed by atoms with Gasteiger partial charge >= 0.3 is 0 Å². The Bertz CT molecular complexity index is 1190. The maximum atomic E-state index is 13.3. The first-order chi connectivity index (χ1) is 19.0. The van der Waals surface area contributed by atoms with E-state index in [1.54, 1.807) is 11.3 Å². The SMILES string of the molecule is O=C(Cc1nc(N2CCOCC2)sc1P(c1ccccc1)c1ccccc1)N[C@H]1C(O)O[C@H](CO)[C@@H](O)[C@@H]1O. The average Bonchev–Trinajstić information content (AvgIpc) is 3.37. The summed E-state index contributed by atoms with van der Waals surface area (Å²) in [4.78, 5) is 20.4. The molecule has 12 heteroatoms. The van der Waals surface area contributed by atoms with Gasteiger partial charge in [0.05, 0.1) is 36.6 Å². The molecule has 3 heterocycles. The van der Waals surface area contributed by atoms with Crippen LogP contribution >= 0.6 is 19.3 Å². The number of morpholine rings is 1. The van der Waals surface area contributed by atoms with Crippen molar-refractivity contribution in [1.29, 1.82) is 0 Å². The van der Waals surface area contributed by atoms with Crippen LogP contribution < -0.4 is 25.4 Å². The predicted molar refractivity (Wildman–Crippen MR) is 149 cm³/mol. The van der Waals surface area contributed by atoms with E-state index in [9.17, 15) is 25.2 Å². The van der Waals surface area contributed by atoms with Crippen molar-refractivity contribution < 1.29 is 34.7 Å². The number of carbonyl (C=O) groups is 1. The van der Waals surface area contributed by atoms with Crippen LogP contribution in [0.25, 0.3) is 0 Å². The Morgan fingerprint density at radius 2 is 1.62 bits per heavy atom. The molecule has 0 radical (unpaired) electrons. The van der Waals surface area contributed by atoms with Gasteiger partial charge in [0.1, 0.15) is 24.4 Å². The molecule has 1 aromatic heterocycles. The summed E-state index contributed by atoms with van der Waals surface area (Å²) < 4.78 is 11.7. The number of anilines is 1. The second kappa shape index (κ2) is 12.8. The van der Waals surface area contributed by atoms with Crippen LogP contribution in [-0.4, -0.2) is 94.9 Å². The molecule has 1 amide bonds. The maximum Gasteiger partial charge on any atom is 0.226 e. The van der Waals surface area contributed by atoms with E-state index < -0.39 is 51.1 Å². The minimum absolute atomic E-state index is 0.0931. The van der Waals surface area contributed by atoms with Crippen molar-refractivity contribution in [3.05, 3.63) is 66.4 Å². The molecule has 2 aliphatic heterocycles. The number of aliphatic hydroxyl groups excluding tert-OH is 4. The molecule has 2 aromatic carbocycles. The van der Waals surface area contributed by atoms with Crippen molar-refractivity contribution in [2.45, 2.75) is 37.1 Å². The molecule has 208 valence electrons. The summed E-state index contributed by atoms with van der Waals surface area (Å²) in [5, 5.41) is 46.1. The van der Waals surface area contributed by atoms with Crippen LogP contribution in [0.2, 0.25) is 0 Å². The Balaban J connectivity index is 1.47. The lowest BCUT2D eigenvalue weighted by Crippen LogP contribution is -2.64. The zero-order chi connectivity index (χ0) is 27.4. The normalized spacial score (nSPS) is 25.6. The fourth-order valence-electron chi connectivity index (χ4n) is 4.69. The summed E-state index contributed by atoms with van der Waals surface area (Å²) in [5.41, 5.74) is 0.618. The minimum Gasteiger partial charge on any atom is -0.394 e. The van der Waals surface area contributed by atoms with Gasteiger partial charge in [0, 0.05) is 13.1 Å². The molecule has 2 fully saturated rings. The number of carbonyl (C=O) groups excluding carboxylic acids is 1. The van der Waals surface area contributed by atoms with Gasteiger partial charge in [-0.05, 0) is 18.5 Å². The number of aromatic nitrogens is 1. The number of benzene rings is 2. The van der Waals surface area contributed by atoms with Crippen molar-refractivity contribution in [3.63, 3.8) is 0 Å². The molecule has 5 N–H and O–H groups in total. The number of ether oxygens (including phenoxy) is 2. The number of thiazole rings is 1. The third-order valence-corrected chi connectivity index (χ3v) is 10.8. The number of nitrogens with zero attached hydrogens (tertiary/aromatic N) is 2. The highest BCUT2D eigenvalue weighted by Crippen LogP contribution is 2.39. The van der Waals surface area contributed by atoms with Crippen LogP contribution in [0.4, 0.5) is 5.13 Å². The highest BCUT2D eigenvalue weighted by Gasteiger charge is 2.44. The Labute approximate surface area is 231 Å². The highest BCUT2D eigenvalue weighted by molar-refractivity contribution is 7.84. The smallest absolute Gasteiger partial charge is 0.226 e. The quantitative estimate of drug-likeness (QED) is 0.219. The number of aliphatic hydroxyl groups is 4. The summed E-state index contributed by atoms with van der Waals surface area (Å²) in [6, 6.07) is 19.0. The Kier molecular flexibility index (Phi) is 9.21. The summed E-state index contributed by atoms with van der Waals surface area (Å²) in [5.74, 6) is -0.479. The highest BCUT2D eigenvalue weighted by atomic mass is 32.1. The number of rotatable bonds is 8. The number of nitrogens with one attached hydrogen (secondary N) is 1. The van der Waals surface area contributed by atoms with E-state index in [0.29, 0.717) is 32.0 Å². The molecule has 5 atom stereocenters. The lowest BCUT2D eigenvalue weighted by Gasteiger charge is -2.40. The van der Waals surface area contributed by atoms with Crippen LogP contribution in [-0.2, 0) is 20.7 Å². The van der Waals surface area contributed by atoms with E-state index in [1.807, 2.05) is 36.4 Å². The van der Waals surface area contributed by atoms with Gasteiger partial charge in [-0.1, -0.05) is 72.0 Å². The van der Waals surface area contributed by atoms with E-state index in [4.69, 9.17) is 14.5 Å². The minimum atomic E-state index is -1.59. The fourth-order valence-corrected chi connectivity index (χ4v) is 8.90. The van der Waals surface area contributed by atoms with Crippen molar-refractivity contribution in [1.82, 2.24) is 10.3 Å². The van der Waals surface area contributed by atoms with E-state index in [0.717, 1.165) is 20.4 Å². The van der Waals surface area contributed by atoms with Gasteiger partial charge in [0.25, 0.3) is 0 Å². The Hall–Kier alpha value is -2.47. The molecule has 10 nitrogen and oxygen atoms in total. The molecular formula is C27H32N3O7PS. The number of amides is 1. The molecular weight excluding hydrogens is 541 g/mol. The summed E-state index contributed by atoms with van der Waals surface area (Å²) >= 11 is 1.57. The Morgan fingerprint density at radius 1 is 1.00 bits per heavy atom. The lowest BCUT2D eigenvalue weighted by atomic mass is 9.97. The second-order valence-corrected chi connectivity index (χ2v) is 12.8. The summed E-state index contributed by atoms with van der Waals surface area (Å²) in [6.07, 6.45) is -5.81. The van der Waals surface area contributed by atoms with E-state index in [2.05, 4.69) is 34.5 Å². The van der Waals surface area contributed by atoms with E-state index in [1.165, 1.54) is 0 Å². The van der Waals surface area contributed by atoms with Gasteiger partial charge in [-0.25, -0.2) is 4.98 Å². The van der Waals surface area contributed by atoms with Gasteiger partial charge in [-0.3, -0.25) is 4.79 Å². The van der Waals surface area contributed by atoms with E-state index in [-0.39, 0.29) is 6.42 Å². The van der Waals surface area contributed by atoms with Gasteiger partial charge in [0.15, 0.2) is 11.4 Å². The molecule has 0 aliphatic carbocycles. The van der Waals surface area contributed by atoms with E-state index >= 15 is 0 Å². The molecule has 3 aromatic rings. The first-order valence-electron chi connectivity index (χ1n) is 12.8. The third-order valence-electron chi connectivity index (χ3n) is 6.73. The van der Waals surface area contributed by atoms with Crippen molar-refractivity contribution in [2.75, 3.05) is 37.8 Å². The molecule has 39 heavy (non-hydrogen) atoms. The molecule has 0 spiro atoms. The summed E-state index contributed by atoms with van der Waals surface area (Å²) in [7, 11) is -1.02. The van der Waals surface area contributed by atoms with Crippen molar-refractivity contribution in [2.24, 2.45) is 0 Å². The molecule has 5 rings (SSSR count). The monoisotopic (exact) mass is 573 g/mol. The van der Waals surface area contributed by atoms with Gasteiger partial charge in [-0.15, -0.1) is 0 Å². The Morgan fingerprint density at radius 3 is 2.21 bits per heavy atom. The molecule has 2 aliphatic rings. The van der Waals surface area contributed by atoms with Crippen molar-refractivity contribution in [3.8, 4) is 0 Å². The molecule has 0 saturated carbocycles. The topological polar surface area (TPSA) is 145 Å². The fraction of sp³-hybridized carbons (Fsp3) is 0.407. The maximum absolute atomic E-state index is 13.3. The summed E-state index contributed by atoms with van der Waals surface area (Å²) in [6.45, 7) is 2.03. The first-order valence-corrected chi connectivity index (χ1v) is 14.9. The number of hydrogen-bond acceptors (Lipinski definition) is 10. The van der Waals surface area contributed by atoms with Crippen LogP contribution in [0.5, 0.6) is 0 Å². The molecule has 0 bridgehead atoms. The predicted octanol–water partition coefficient (Wildman–Crippen LogP) is -0.803. The van der Waals surface area contributed by atoms with Gasteiger partial charge < -0.3 is 40.1 Å². The molecule has 2 saturated heterocycles. The largest absolute Gasteiger partial charge is 0.394 e. The van der Waals surface area contributed by atoms with Gasteiger partial charge in [-0.2, -0.15) is 0 Å². The van der Waals surface area contributed by atoms with Crippen LogP contribution in [0.15, 0.2) is 60.7 Å². The average molecular weight is 574 g/mol. The third kappa shape index (κ3) is 6.32. The van der Waals surface area contributed by atoms with Crippen molar-refractivity contribution >= 4 is 45.5 Å². The standard InChI is InChI=1S/C27H32N3O7PS/c31-16-20-23(33)24(34)22(25(35)37-20)29-21(32)15-19-26(39-27(28-19)30-11-13-36-14-12-30)38(17-7-3-1-4-8-17)18-9-5-2-6-10-18/h1-10,20,22-25,31,33-35H,11-16H2,(H,29,32)/t20-,22-,23-,24-,25?/m1/s1. The van der Waals surface area contributed by atoms with Crippen LogP contribution in [0.1, 0.15) is 5.69 Å². The molecule has 1 unspecified atom stereocenters. The van der Waals surface area contributed by atoms with Gasteiger partial charge in [0.2, 0.25) is 5.91 Å². The second-order valence-electron chi connectivity index (χ2n) is 9.35. The zero-order valence-electron chi connectivity index (χ0n) is 21.2. The number of hydrogen-bond donors (Lipinski definition) is 5. The van der Waals surface area contributed by atoms with Crippen LogP contribution in [0, 0.1) is 0 Å². The first kappa shape index (κ1) is 28.1.